The molecule has 2 rings (SSSR count). The summed E-state index contributed by atoms with van der Waals surface area (Å²) in [5, 5.41) is 0. The van der Waals surface area contributed by atoms with Crippen molar-refractivity contribution in [2.24, 2.45) is 0 Å². The van der Waals surface area contributed by atoms with Crippen LogP contribution in [-0.4, -0.2) is 52.9 Å². The largest absolute Gasteiger partial charge is 0.451 e. The summed E-state index contributed by atoms with van der Waals surface area (Å²) in [6, 6.07) is 1.35. The molecule has 0 aromatic carbocycles. The van der Waals surface area contributed by atoms with Gasteiger partial charge in [0, 0.05) is 19.6 Å². The third-order valence-corrected chi connectivity index (χ3v) is 3.37. The molecule has 1 saturated heterocycles. The molecule has 0 saturated carbocycles. The molecule has 1 aliphatic rings. The summed E-state index contributed by atoms with van der Waals surface area (Å²) in [5.41, 5.74) is 0.00811. The minimum Gasteiger partial charge on any atom is -0.337 e. The van der Waals surface area contributed by atoms with E-state index in [1.165, 1.54) is 6.07 Å². The maximum Gasteiger partial charge on any atom is 0.451 e. The number of carbonyl (C=O) groups excluding carboxylic acids is 1. The van der Waals surface area contributed by atoms with E-state index in [9.17, 15) is 18.0 Å². The van der Waals surface area contributed by atoms with Gasteiger partial charge in [0.1, 0.15) is 5.69 Å². The predicted molar refractivity (Wildman–Crippen MR) is 74.2 cm³/mol. The highest BCUT2D eigenvalue weighted by Gasteiger charge is 2.36. The first kappa shape index (κ1) is 16.7. The van der Waals surface area contributed by atoms with E-state index in [0.29, 0.717) is 13.1 Å². The Bertz CT molecular complexity index is 539. The lowest BCUT2D eigenvalue weighted by molar-refractivity contribution is -0.145. The molecule has 0 aliphatic carbocycles. The number of halogens is 3. The second kappa shape index (κ2) is 6.60. The van der Waals surface area contributed by atoms with Gasteiger partial charge in [0.2, 0.25) is 5.82 Å². The van der Waals surface area contributed by atoms with Crippen LogP contribution in [0.3, 0.4) is 0 Å². The van der Waals surface area contributed by atoms with E-state index in [2.05, 4.69) is 9.97 Å². The van der Waals surface area contributed by atoms with Gasteiger partial charge in [-0.1, -0.05) is 0 Å². The molecule has 0 N–H and O–H groups in total. The normalized spacial score (nSPS) is 16.2. The van der Waals surface area contributed by atoms with Gasteiger partial charge < -0.3 is 9.80 Å². The Morgan fingerprint density at radius 1 is 1.23 bits per heavy atom. The van der Waals surface area contributed by atoms with E-state index >= 15 is 0 Å². The van der Waals surface area contributed by atoms with E-state index < -0.39 is 17.9 Å². The van der Waals surface area contributed by atoms with Gasteiger partial charge in [-0.3, -0.25) is 4.79 Å². The molecule has 1 aromatic rings. The van der Waals surface area contributed by atoms with Gasteiger partial charge in [-0.05, 0) is 39.4 Å². The van der Waals surface area contributed by atoms with Crippen LogP contribution in [0.4, 0.5) is 13.2 Å². The monoisotopic (exact) mass is 316 g/mol. The standard InChI is InChI=1S/C14H19F3N4O/c1-20(2)9-10-8-11(19-13(18-10)14(15,16)17)12(22)21-6-4-3-5-7-21/h8H,3-7,9H2,1-2H3. The van der Waals surface area contributed by atoms with E-state index in [1.54, 1.807) is 23.9 Å². The van der Waals surface area contributed by atoms with Crippen molar-refractivity contribution in [2.75, 3.05) is 27.2 Å². The van der Waals surface area contributed by atoms with Crippen molar-refractivity contribution < 1.29 is 18.0 Å². The Balaban J connectivity index is 2.34. The lowest BCUT2D eigenvalue weighted by Gasteiger charge is -2.26. The number of hydrogen-bond donors (Lipinski definition) is 0. The Morgan fingerprint density at radius 2 is 1.86 bits per heavy atom. The number of piperidine rings is 1. The molecule has 2 heterocycles. The van der Waals surface area contributed by atoms with Crippen molar-refractivity contribution in [1.29, 1.82) is 0 Å². The molecule has 122 valence electrons. The Labute approximate surface area is 127 Å². The smallest absolute Gasteiger partial charge is 0.337 e. The van der Waals surface area contributed by atoms with Crippen LogP contribution in [-0.2, 0) is 12.7 Å². The van der Waals surface area contributed by atoms with Crippen molar-refractivity contribution in [1.82, 2.24) is 19.8 Å². The van der Waals surface area contributed by atoms with E-state index in [4.69, 9.17) is 0 Å². The van der Waals surface area contributed by atoms with Gasteiger partial charge in [-0.15, -0.1) is 0 Å². The zero-order valence-electron chi connectivity index (χ0n) is 12.7. The molecule has 8 heteroatoms. The molecule has 0 spiro atoms. The summed E-state index contributed by atoms with van der Waals surface area (Å²) >= 11 is 0. The number of carbonyl (C=O) groups is 1. The lowest BCUT2D eigenvalue weighted by atomic mass is 10.1. The molecular weight excluding hydrogens is 297 g/mol. The first-order valence-electron chi connectivity index (χ1n) is 7.16. The second-order valence-corrected chi connectivity index (χ2v) is 5.66. The van der Waals surface area contributed by atoms with Crippen molar-refractivity contribution in [3.05, 3.63) is 23.3 Å². The summed E-state index contributed by atoms with van der Waals surface area (Å²) in [5.74, 6) is -1.71. The number of hydrogen-bond acceptors (Lipinski definition) is 4. The quantitative estimate of drug-likeness (QED) is 0.858. The molecule has 1 amide bonds. The molecule has 1 fully saturated rings. The van der Waals surface area contributed by atoms with Crippen molar-refractivity contribution in [3.63, 3.8) is 0 Å². The van der Waals surface area contributed by atoms with Crippen molar-refractivity contribution in [3.8, 4) is 0 Å². The fourth-order valence-electron chi connectivity index (χ4n) is 2.40. The third-order valence-electron chi connectivity index (χ3n) is 3.37. The second-order valence-electron chi connectivity index (χ2n) is 5.66. The van der Waals surface area contributed by atoms with Crippen LogP contribution in [0.1, 0.15) is 41.3 Å². The maximum absolute atomic E-state index is 12.9. The number of nitrogens with zero attached hydrogens (tertiary/aromatic N) is 4. The lowest BCUT2D eigenvalue weighted by Crippen LogP contribution is -2.36. The molecule has 1 aromatic heterocycles. The summed E-state index contributed by atoms with van der Waals surface area (Å²) in [6.07, 6.45) is -1.90. The van der Waals surface area contributed by atoms with Crippen LogP contribution in [0.25, 0.3) is 0 Å². The Morgan fingerprint density at radius 3 is 2.41 bits per heavy atom. The molecule has 0 bridgehead atoms. The molecule has 5 nitrogen and oxygen atoms in total. The highest BCUT2D eigenvalue weighted by atomic mass is 19.4. The Hall–Kier alpha value is -1.70. The van der Waals surface area contributed by atoms with Gasteiger partial charge in [-0.2, -0.15) is 13.2 Å². The number of alkyl halides is 3. The molecular formula is C14H19F3N4O. The Kier molecular flexibility index (Phi) is 5.00. The van der Waals surface area contributed by atoms with Crippen LogP contribution in [0, 0.1) is 0 Å². The molecule has 0 radical (unpaired) electrons. The molecule has 0 unspecified atom stereocenters. The maximum atomic E-state index is 12.9. The summed E-state index contributed by atoms with van der Waals surface area (Å²) in [7, 11) is 3.45. The van der Waals surface area contributed by atoms with Crippen LogP contribution < -0.4 is 0 Å². The summed E-state index contributed by atoms with van der Waals surface area (Å²) in [4.78, 5) is 22.6. The van der Waals surface area contributed by atoms with Gasteiger partial charge >= 0.3 is 6.18 Å². The van der Waals surface area contributed by atoms with Gasteiger partial charge in [-0.25, -0.2) is 9.97 Å². The van der Waals surface area contributed by atoms with Gasteiger partial charge in [0.25, 0.3) is 5.91 Å². The summed E-state index contributed by atoms with van der Waals surface area (Å²) < 4.78 is 38.8. The average molecular weight is 316 g/mol. The minimum absolute atomic E-state index is 0.180. The molecule has 22 heavy (non-hydrogen) atoms. The SMILES string of the molecule is CN(C)Cc1cc(C(=O)N2CCCCC2)nc(C(F)(F)F)n1. The van der Waals surface area contributed by atoms with Gasteiger partial charge in [0.15, 0.2) is 0 Å². The number of likely N-dealkylation sites (tertiary alicyclic amines) is 1. The molecule has 1 aliphatic heterocycles. The van der Waals surface area contributed by atoms with Crippen LogP contribution >= 0.6 is 0 Å². The van der Waals surface area contributed by atoms with Gasteiger partial charge in [0.05, 0.1) is 5.69 Å². The summed E-state index contributed by atoms with van der Waals surface area (Å²) in [6.45, 7) is 1.34. The van der Waals surface area contributed by atoms with Crippen LogP contribution in [0.5, 0.6) is 0 Å². The van der Waals surface area contributed by atoms with E-state index in [-0.39, 0.29) is 17.9 Å². The number of rotatable bonds is 3. The van der Waals surface area contributed by atoms with Crippen LogP contribution in [0.15, 0.2) is 6.07 Å². The minimum atomic E-state index is -4.67. The average Bonchev–Trinajstić information content (AvgIpc) is 2.45. The van der Waals surface area contributed by atoms with E-state index in [1.807, 2.05) is 0 Å². The number of aromatic nitrogens is 2. The van der Waals surface area contributed by atoms with Crippen LogP contribution in [0.2, 0.25) is 0 Å². The third kappa shape index (κ3) is 4.16. The van der Waals surface area contributed by atoms with Crippen molar-refractivity contribution >= 4 is 5.91 Å². The predicted octanol–water partition coefficient (Wildman–Crippen LogP) is 2.18. The fourth-order valence-corrected chi connectivity index (χ4v) is 2.40. The zero-order valence-corrected chi connectivity index (χ0v) is 12.7. The zero-order chi connectivity index (χ0) is 16.3. The first-order chi connectivity index (χ1) is 10.3. The topological polar surface area (TPSA) is 49.3 Å². The van der Waals surface area contributed by atoms with Crippen molar-refractivity contribution in [2.45, 2.75) is 32.0 Å². The first-order valence-corrected chi connectivity index (χ1v) is 7.16. The highest BCUT2D eigenvalue weighted by molar-refractivity contribution is 5.92. The number of amides is 1. The highest BCUT2D eigenvalue weighted by Crippen LogP contribution is 2.27. The molecule has 0 atom stereocenters. The van der Waals surface area contributed by atoms with E-state index in [0.717, 1.165) is 19.3 Å². The fraction of sp³-hybridized carbons (Fsp3) is 0.643.